The van der Waals surface area contributed by atoms with Gasteiger partial charge in [0, 0.05) is 0 Å². The summed E-state index contributed by atoms with van der Waals surface area (Å²) in [6, 6.07) is 14.9. The van der Waals surface area contributed by atoms with Crippen LogP contribution in [-0.2, 0) is 31.3 Å². The highest BCUT2D eigenvalue weighted by molar-refractivity contribution is 6.09. The zero-order chi connectivity index (χ0) is 22.4. The van der Waals surface area contributed by atoms with E-state index >= 15 is 0 Å². The summed E-state index contributed by atoms with van der Waals surface area (Å²) in [5.74, 6) is -1.43. The zero-order valence-corrected chi connectivity index (χ0v) is 17.0. The van der Waals surface area contributed by atoms with E-state index < -0.39 is 35.9 Å². The number of benzene rings is 2. The Hall–Kier alpha value is -3.88. The van der Waals surface area contributed by atoms with Crippen LogP contribution in [0.25, 0.3) is 0 Å². The number of carbonyl (C=O) groups excluding carboxylic acids is 4. The number of nitrogens with two attached hydrogens (primary N) is 1. The fraction of sp³-hybridized carbons (Fsp3) is 0.273. The third-order valence-corrected chi connectivity index (χ3v) is 4.94. The molecule has 2 aromatic carbocycles. The van der Waals surface area contributed by atoms with Gasteiger partial charge in [-0.3, -0.25) is 19.3 Å². The lowest BCUT2D eigenvalue weighted by Crippen LogP contribution is -2.43. The lowest BCUT2D eigenvalue weighted by Gasteiger charge is -2.25. The minimum atomic E-state index is -1.20. The maximum Gasteiger partial charge on any atom is 0.326 e. The molecular weight excluding hydrogens is 402 g/mol. The van der Waals surface area contributed by atoms with Gasteiger partial charge in [0.15, 0.2) is 6.61 Å². The Morgan fingerprint density at radius 1 is 1.10 bits per heavy atom. The monoisotopic (exact) mass is 425 g/mol. The number of nitrogens with zero attached hydrogens (tertiary/aromatic N) is 1. The van der Waals surface area contributed by atoms with E-state index in [1.165, 1.54) is 0 Å². The third-order valence-electron chi connectivity index (χ3n) is 4.94. The average molecular weight is 425 g/mol. The minimum absolute atomic E-state index is 0.0894. The van der Waals surface area contributed by atoms with Crippen LogP contribution in [-0.4, -0.2) is 41.9 Å². The number of carbonyl (C=O) groups is 4. The van der Waals surface area contributed by atoms with E-state index in [0.29, 0.717) is 23.3 Å². The first-order chi connectivity index (χ1) is 14.9. The van der Waals surface area contributed by atoms with Crippen LogP contribution in [0.5, 0.6) is 5.75 Å². The summed E-state index contributed by atoms with van der Waals surface area (Å²) in [4.78, 5) is 49.5. The number of rotatable bonds is 9. The predicted molar refractivity (Wildman–Crippen MR) is 110 cm³/mol. The number of urea groups is 1. The molecule has 162 valence electrons. The molecule has 9 nitrogen and oxygen atoms in total. The first kappa shape index (κ1) is 21.8. The molecule has 0 saturated carbocycles. The molecule has 0 radical (unpaired) electrons. The summed E-state index contributed by atoms with van der Waals surface area (Å²) in [5, 5.41) is 2.72. The molecule has 31 heavy (non-hydrogen) atoms. The largest absolute Gasteiger partial charge is 0.484 e. The van der Waals surface area contributed by atoms with E-state index in [9.17, 15) is 19.2 Å². The second-order valence-corrected chi connectivity index (χ2v) is 7.01. The van der Waals surface area contributed by atoms with Crippen LogP contribution < -0.4 is 15.8 Å². The van der Waals surface area contributed by atoms with Gasteiger partial charge in [-0.25, -0.2) is 4.79 Å². The van der Waals surface area contributed by atoms with Crippen molar-refractivity contribution in [3.8, 4) is 5.75 Å². The van der Waals surface area contributed by atoms with Gasteiger partial charge < -0.3 is 20.5 Å². The van der Waals surface area contributed by atoms with E-state index in [-0.39, 0.29) is 13.2 Å². The van der Waals surface area contributed by atoms with Crippen molar-refractivity contribution in [3.05, 3.63) is 65.7 Å². The lowest BCUT2D eigenvalue weighted by atomic mass is 9.87. The van der Waals surface area contributed by atoms with E-state index in [4.69, 9.17) is 15.2 Å². The summed E-state index contributed by atoms with van der Waals surface area (Å²) in [7, 11) is 0. The molecule has 0 aliphatic carbocycles. The van der Waals surface area contributed by atoms with Gasteiger partial charge in [0.2, 0.25) is 0 Å². The molecule has 1 unspecified atom stereocenters. The highest BCUT2D eigenvalue weighted by Crippen LogP contribution is 2.32. The zero-order valence-electron chi connectivity index (χ0n) is 17.0. The standard InChI is InChI=1S/C22H23N3O6/c1-2-22(16-8-4-3-5-9-16)20(28)25(21(29)24-22)12-19(27)31-13-15-7-6-10-17(11-15)30-14-18(23)26/h3-11H,2,12-14H2,1H3,(H2,23,26)(H,24,29). The van der Waals surface area contributed by atoms with Gasteiger partial charge in [-0.15, -0.1) is 0 Å². The van der Waals surface area contributed by atoms with Crippen molar-refractivity contribution in [1.82, 2.24) is 10.2 Å². The van der Waals surface area contributed by atoms with Crippen LogP contribution in [0, 0.1) is 0 Å². The predicted octanol–water partition coefficient (Wildman–Crippen LogP) is 1.45. The number of nitrogens with one attached hydrogen (secondary N) is 1. The third kappa shape index (κ3) is 4.82. The maximum atomic E-state index is 13.0. The van der Waals surface area contributed by atoms with Crippen molar-refractivity contribution in [3.63, 3.8) is 0 Å². The Kier molecular flexibility index (Phi) is 6.54. The Labute approximate surface area is 179 Å². The minimum Gasteiger partial charge on any atom is -0.484 e. The summed E-state index contributed by atoms with van der Waals surface area (Å²) in [6.45, 7) is 0.932. The van der Waals surface area contributed by atoms with E-state index in [0.717, 1.165) is 4.90 Å². The molecule has 1 aliphatic heterocycles. The second-order valence-electron chi connectivity index (χ2n) is 7.01. The molecule has 4 amide bonds. The topological polar surface area (TPSA) is 128 Å². The molecule has 0 spiro atoms. The van der Waals surface area contributed by atoms with Gasteiger partial charge in [-0.2, -0.15) is 0 Å². The number of imide groups is 1. The van der Waals surface area contributed by atoms with E-state index in [2.05, 4.69) is 5.32 Å². The Balaban J connectivity index is 1.62. The summed E-state index contributed by atoms with van der Waals surface area (Å²) in [5.41, 5.74) is 5.10. The number of hydrogen-bond donors (Lipinski definition) is 2. The number of primary amides is 1. The fourth-order valence-corrected chi connectivity index (χ4v) is 3.35. The Morgan fingerprint density at radius 3 is 2.52 bits per heavy atom. The van der Waals surface area contributed by atoms with Crippen LogP contribution in [0.15, 0.2) is 54.6 Å². The number of esters is 1. The number of ether oxygens (including phenoxy) is 2. The van der Waals surface area contributed by atoms with Crippen molar-refractivity contribution in [2.45, 2.75) is 25.5 Å². The van der Waals surface area contributed by atoms with Crippen LogP contribution in [0.3, 0.4) is 0 Å². The van der Waals surface area contributed by atoms with Crippen molar-refractivity contribution >= 4 is 23.8 Å². The lowest BCUT2D eigenvalue weighted by molar-refractivity contribution is -0.149. The van der Waals surface area contributed by atoms with Crippen LogP contribution in [0.2, 0.25) is 0 Å². The van der Waals surface area contributed by atoms with Crippen molar-refractivity contribution in [2.75, 3.05) is 13.2 Å². The molecule has 0 aromatic heterocycles. The van der Waals surface area contributed by atoms with E-state index in [1.54, 1.807) is 55.5 Å². The van der Waals surface area contributed by atoms with Crippen LogP contribution in [0.1, 0.15) is 24.5 Å². The SMILES string of the molecule is CCC1(c2ccccc2)NC(=O)N(CC(=O)OCc2cccc(OCC(N)=O)c2)C1=O. The second kappa shape index (κ2) is 9.29. The molecule has 3 N–H and O–H groups in total. The molecule has 9 heteroatoms. The molecule has 0 bridgehead atoms. The first-order valence-electron chi connectivity index (χ1n) is 9.71. The van der Waals surface area contributed by atoms with Crippen molar-refractivity contribution in [1.29, 1.82) is 0 Å². The van der Waals surface area contributed by atoms with Crippen molar-refractivity contribution < 1.29 is 28.7 Å². The molecule has 1 atom stereocenters. The molecule has 1 fully saturated rings. The van der Waals surface area contributed by atoms with Crippen LogP contribution in [0.4, 0.5) is 4.79 Å². The van der Waals surface area contributed by atoms with Gasteiger partial charge in [0.1, 0.15) is 24.4 Å². The van der Waals surface area contributed by atoms with Gasteiger partial charge in [-0.1, -0.05) is 49.4 Å². The Morgan fingerprint density at radius 2 is 1.84 bits per heavy atom. The Bertz CT molecular complexity index is 994. The highest BCUT2D eigenvalue weighted by Gasteiger charge is 2.51. The van der Waals surface area contributed by atoms with Gasteiger partial charge in [0.05, 0.1) is 0 Å². The summed E-state index contributed by atoms with van der Waals surface area (Å²) >= 11 is 0. The first-order valence-corrected chi connectivity index (χ1v) is 9.71. The number of amides is 4. The quantitative estimate of drug-likeness (QED) is 0.462. The van der Waals surface area contributed by atoms with E-state index in [1.807, 2.05) is 6.07 Å². The molecule has 1 heterocycles. The maximum absolute atomic E-state index is 13.0. The van der Waals surface area contributed by atoms with Crippen LogP contribution >= 0.6 is 0 Å². The van der Waals surface area contributed by atoms with Gasteiger partial charge >= 0.3 is 12.0 Å². The van der Waals surface area contributed by atoms with Gasteiger partial charge in [0.25, 0.3) is 11.8 Å². The van der Waals surface area contributed by atoms with Crippen molar-refractivity contribution in [2.24, 2.45) is 5.73 Å². The summed E-state index contributed by atoms with van der Waals surface area (Å²) < 4.78 is 10.4. The molecule has 1 aliphatic rings. The smallest absolute Gasteiger partial charge is 0.326 e. The normalized spacial score (nSPS) is 17.9. The highest BCUT2D eigenvalue weighted by atomic mass is 16.5. The fourth-order valence-electron chi connectivity index (χ4n) is 3.35. The summed E-state index contributed by atoms with van der Waals surface area (Å²) in [6.07, 6.45) is 0.339. The van der Waals surface area contributed by atoms with Gasteiger partial charge in [-0.05, 0) is 29.7 Å². The molecule has 1 saturated heterocycles. The molecule has 3 rings (SSSR count). The molecule has 2 aromatic rings. The average Bonchev–Trinajstić information content (AvgIpc) is 3.02. The molecular formula is C22H23N3O6. The number of hydrogen-bond acceptors (Lipinski definition) is 6.